The standard InChI is InChI=1S/C22H23N3O3/c26-20(15-7-12-28-13-8-15)25-11-9-22(19(25)16-4-3-10-23-14-16)17-5-1-2-6-18(17)24-21(22)27/h1-6,10,14-15,19H,7-9,11-13H2,(H,24,27). The van der Waals surface area contributed by atoms with Gasteiger partial charge in [-0.25, -0.2) is 0 Å². The van der Waals surface area contributed by atoms with E-state index in [1.54, 1.807) is 12.4 Å². The molecule has 144 valence electrons. The molecule has 1 aromatic heterocycles. The molecule has 0 bridgehead atoms. The van der Waals surface area contributed by atoms with Gasteiger partial charge in [0.05, 0.1) is 6.04 Å². The van der Waals surface area contributed by atoms with Crippen LogP contribution in [0.1, 0.15) is 36.4 Å². The molecule has 6 nitrogen and oxygen atoms in total. The molecule has 2 atom stereocenters. The zero-order chi connectivity index (χ0) is 19.1. The highest BCUT2D eigenvalue weighted by Crippen LogP contribution is 2.54. The minimum Gasteiger partial charge on any atom is -0.381 e. The second kappa shape index (κ2) is 6.71. The Morgan fingerprint density at radius 1 is 1.18 bits per heavy atom. The third kappa shape index (κ3) is 2.48. The van der Waals surface area contributed by atoms with Crippen molar-refractivity contribution in [2.45, 2.75) is 30.7 Å². The van der Waals surface area contributed by atoms with Gasteiger partial charge in [0.2, 0.25) is 11.8 Å². The maximum Gasteiger partial charge on any atom is 0.237 e. The molecular formula is C22H23N3O3. The van der Waals surface area contributed by atoms with Crippen LogP contribution in [0.4, 0.5) is 5.69 Å². The zero-order valence-corrected chi connectivity index (χ0v) is 15.6. The summed E-state index contributed by atoms with van der Waals surface area (Å²) >= 11 is 0. The van der Waals surface area contributed by atoms with Crippen LogP contribution >= 0.6 is 0 Å². The van der Waals surface area contributed by atoms with Gasteiger partial charge in [-0.1, -0.05) is 24.3 Å². The van der Waals surface area contributed by atoms with E-state index in [0.29, 0.717) is 26.2 Å². The molecule has 0 radical (unpaired) electrons. The Labute approximate surface area is 163 Å². The first-order valence-electron chi connectivity index (χ1n) is 9.91. The van der Waals surface area contributed by atoms with Crippen LogP contribution in [0, 0.1) is 5.92 Å². The van der Waals surface area contributed by atoms with Crippen LogP contribution in [0.3, 0.4) is 0 Å². The number of carbonyl (C=O) groups is 2. The summed E-state index contributed by atoms with van der Waals surface area (Å²) in [6.45, 7) is 1.81. The lowest BCUT2D eigenvalue weighted by Crippen LogP contribution is -2.45. The quantitative estimate of drug-likeness (QED) is 0.873. The average Bonchev–Trinajstić information content (AvgIpc) is 3.28. The number of hydrogen-bond donors (Lipinski definition) is 1. The number of rotatable bonds is 2. The first kappa shape index (κ1) is 17.4. The molecule has 2 aromatic rings. The molecule has 28 heavy (non-hydrogen) atoms. The fraction of sp³-hybridized carbons (Fsp3) is 0.409. The molecule has 1 spiro atoms. The van der Waals surface area contributed by atoms with E-state index in [9.17, 15) is 9.59 Å². The highest BCUT2D eigenvalue weighted by atomic mass is 16.5. The maximum absolute atomic E-state index is 13.5. The molecule has 0 saturated carbocycles. The molecule has 3 aliphatic rings. The lowest BCUT2D eigenvalue weighted by molar-refractivity contribution is -0.140. The molecule has 0 aliphatic carbocycles. The number of hydrogen-bond acceptors (Lipinski definition) is 4. The summed E-state index contributed by atoms with van der Waals surface area (Å²) in [6, 6.07) is 11.3. The largest absolute Gasteiger partial charge is 0.381 e. The van der Waals surface area contributed by atoms with Crippen molar-refractivity contribution >= 4 is 17.5 Å². The van der Waals surface area contributed by atoms with Crippen LogP contribution in [0.5, 0.6) is 0 Å². The molecule has 2 amide bonds. The topological polar surface area (TPSA) is 71.5 Å². The molecule has 5 rings (SSSR count). The summed E-state index contributed by atoms with van der Waals surface area (Å²) in [5.41, 5.74) is 1.98. The number of amides is 2. The number of pyridine rings is 1. The van der Waals surface area contributed by atoms with Crippen molar-refractivity contribution in [2.75, 3.05) is 25.1 Å². The van der Waals surface area contributed by atoms with Gasteiger partial charge >= 0.3 is 0 Å². The second-order valence-electron chi connectivity index (χ2n) is 7.83. The van der Waals surface area contributed by atoms with Crippen molar-refractivity contribution in [3.63, 3.8) is 0 Å². The number of likely N-dealkylation sites (tertiary alicyclic amines) is 1. The van der Waals surface area contributed by atoms with Gasteiger partial charge in [-0.2, -0.15) is 0 Å². The zero-order valence-electron chi connectivity index (χ0n) is 15.6. The van der Waals surface area contributed by atoms with Gasteiger partial charge in [0.15, 0.2) is 0 Å². The highest BCUT2D eigenvalue weighted by molar-refractivity contribution is 6.07. The Hall–Kier alpha value is -2.73. The predicted molar refractivity (Wildman–Crippen MR) is 104 cm³/mol. The molecule has 1 N–H and O–H groups in total. The summed E-state index contributed by atoms with van der Waals surface area (Å²) in [7, 11) is 0. The van der Waals surface area contributed by atoms with E-state index in [-0.39, 0.29) is 23.8 Å². The molecule has 2 saturated heterocycles. The average molecular weight is 377 g/mol. The minimum atomic E-state index is -0.763. The highest BCUT2D eigenvalue weighted by Gasteiger charge is 2.59. The summed E-state index contributed by atoms with van der Waals surface area (Å²) < 4.78 is 5.44. The van der Waals surface area contributed by atoms with E-state index in [4.69, 9.17) is 4.74 Å². The Morgan fingerprint density at radius 2 is 2.00 bits per heavy atom. The number of ether oxygens (including phenoxy) is 1. The third-order valence-electron chi connectivity index (χ3n) is 6.44. The van der Waals surface area contributed by atoms with Crippen molar-refractivity contribution in [2.24, 2.45) is 5.92 Å². The van der Waals surface area contributed by atoms with Crippen molar-refractivity contribution < 1.29 is 14.3 Å². The van der Waals surface area contributed by atoms with Gasteiger partial charge in [0.1, 0.15) is 5.41 Å². The van der Waals surface area contributed by atoms with Crippen LogP contribution in [-0.4, -0.2) is 41.5 Å². The molecule has 1 aromatic carbocycles. The number of carbonyl (C=O) groups excluding carboxylic acids is 2. The van der Waals surface area contributed by atoms with Crippen LogP contribution in [0.15, 0.2) is 48.8 Å². The van der Waals surface area contributed by atoms with Gasteiger partial charge in [0, 0.05) is 43.8 Å². The molecule has 4 heterocycles. The van der Waals surface area contributed by atoms with E-state index in [2.05, 4.69) is 10.3 Å². The fourth-order valence-electron chi connectivity index (χ4n) is 5.10. The van der Waals surface area contributed by atoms with Crippen molar-refractivity contribution in [3.05, 3.63) is 59.9 Å². The Bertz CT molecular complexity index is 910. The van der Waals surface area contributed by atoms with E-state index in [0.717, 1.165) is 29.7 Å². The SMILES string of the molecule is O=C(C1CCOCC1)N1CCC2(C(=O)Nc3ccccc32)C1c1cccnc1. The second-order valence-corrected chi connectivity index (χ2v) is 7.83. The van der Waals surface area contributed by atoms with Crippen molar-refractivity contribution in [3.8, 4) is 0 Å². The predicted octanol–water partition coefficient (Wildman–Crippen LogP) is 2.67. The molecule has 3 aliphatic heterocycles. The monoisotopic (exact) mass is 377 g/mol. The Balaban J connectivity index is 1.61. The smallest absolute Gasteiger partial charge is 0.237 e. The number of nitrogens with zero attached hydrogens (tertiary/aromatic N) is 2. The number of para-hydroxylation sites is 1. The first-order chi connectivity index (χ1) is 13.7. The fourth-order valence-corrected chi connectivity index (χ4v) is 5.10. The van der Waals surface area contributed by atoms with Crippen LogP contribution < -0.4 is 5.32 Å². The van der Waals surface area contributed by atoms with Crippen molar-refractivity contribution in [1.29, 1.82) is 0 Å². The summed E-state index contributed by atoms with van der Waals surface area (Å²) in [6.07, 6.45) is 5.61. The van der Waals surface area contributed by atoms with Gasteiger partial charge in [-0.15, -0.1) is 0 Å². The number of aromatic nitrogens is 1. The van der Waals surface area contributed by atoms with E-state index in [1.807, 2.05) is 41.3 Å². The Kier molecular flexibility index (Phi) is 4.16. The van der Waals surface area contributed by atoms with Gasteiger partial charge in [-0.3, -0.25) is 14.6 Å². The van der Waals surface area contributed by atoms with Crippen molar-refractivity contribution in [1.82, 2.24) is 9.88 Å². The van der Waals surface area contributed by atoms with Crippen LogP contribution in [0.25, 0.3) is 0 Å². The van der Waals surface area contributed by atoms with Gasteiger partial charge in [-0.05, 0) is 42.5 Å². The van der Waals surface area contributed by atoms with E-state index >= 15 is 0 Å². The van der Waals surface area contributed by atoms with Gasteiger partial charge in [0.25, 0.3) is 0 Å². The summed E-state index contributed by atoms with van der Waals surface area (Å²) in [5, 5.41) is 3.05. The molecule has 6 heteroatoms. The third-order valence-corrected chi connectivity index (χ3v) is 6.44. The Morgan fingerprint density at radius 3 is 2.79 bits per heavy atom. The minimum absolute atomic E-state index is 0.0233. The molecule has 2 fully saturated rings. The number of nitrogens with one attached hydrogen (secondary N) is 1. The number of benzene rings is 1. The van der Waals surface area contributed by atoms with Crippen LogP contribution in [0.2, 0.25) is 0 Å². The summed E-state index contributed by atoms with van der Waals surface area (Å²) in [4.78, 5) is 33.0. The van der Waals surface area contributed by atoms with Crippen LogP contribution in [-0.2, 0) is 19.7 Å². The van der Waals surface area contributed by atoms with E-state index in [1.165, 1.54) is 0 Å². The summed E-state index contributed by atoms with van der Waals surface area (Å²) in [5.74, 6) is 0.0684. The number of fused-ring (bicyclic) bond motifs is 2. The van der Waals surface area contributed by atoms with Gasteiger partial charge < -0.3 is 15.0 Å². The normalized spacial score (nSPS) is 27.1. The lowest BCUT2D eigenvalue weighted by Gasteiger charge is -2.36. The van der Waals surface area contributed by atoms with E-state index < -0.39 is 5.41 Å². The molecule has 2 unspecified atom stereocenters. The maximum atomic E-state index is 13.5. The first-order valence-corrected chi connectivity index (χ1v) is 9.91. The lowest BCUT2D eigenvalue weighted by atomic mass is 9.72. The molecular weight excluding hydrogens is 354 g/mol. The number of anilines is 1.